The first-order chi connectivity index (χ1) is 10.8. The molecule has 0 unspecified atom stereocenters. The quantitative estimate of drug-likeness (QED) is 0.795. The van der Waals surface area contributed by atoms with Crippen LogP contribution in [0.1, 0.15) is 44.9 Å². The fraction of sp³-hybridized carbons (Fsp3) is 0.556. The summed E-state index contributed by atoms with van der Waals surface area (Å²) >= 11 is 0. The molecule has 4 heteroatoms. The lowest BCUT2D eigenvalue weighted by Gasteiger charge is -2.09. The maximum absolute atomic E-state index is 11.8. The topological polar surface area (TPSA) is 46.9 Å². The number of hydrogen-bond acceptors (Lipinski definition) is 2. The summed E-state index contributed by atoms with van der Waals surface area (Å²) in [6.45, 7) is 1.64. The maximum atomic E-state index is 11.8. The first kappa shape index (κ1) is 15.1. The van der Waals surface area contributed by atoms with Crippen molar-refractivity contribution in [2.24, 2.45) is 5.92 Å². The van der Waals surface area contributed by atoms with Gasteiger partial charge in [0, 0.05) is 19.5 Å². The number of nitrogens with zero attached hydrogens (tertiary/aromatic N) is 2. The standard InChI is InChI=1S/C18H25N3O/c22-18(11-10-15-6-1-2-7-15)19-12-5-13-21-14-20-16-8-3-4-9-17(16)21/h3-4,8-9,14-15H,1-2,5-7,10-13H2,(H,19,22). The van der Waals surface area contributed by atoms with Crippen LogP contribution in [-0.2, 0) is 11.3 Å². The van der Waals surface area contributed by atoms with Gasteiger partial charge in [0.2, 0.25) is 5.91 Å². The van der Waals surface area contributed by atoms with Gasteiger partial charge in [-0.25, -0.2) is 4.98 Å². The van der Waals surface area contributed by atoms with Crippen LogP contribution < -0.4 is 5.32 Å². The number of benzene rings is 1. The van der Waals surface area contributed by atoms with E-state index in [1.807, 2.05) is 24.5 Å². The van der Waals surface area contributed by atoms with Crippen LogP contribution in [-0.4, -0.2) is 22.0 Å². The second-order valence-electron chi connectivity index (χ2n) is 6.32. The molecule has 0 radical (unpaired) electrons. The minimum atomic E-state index is 0.211. The summed E-state index contributed by atoms with van der Waals surface area (Å²) in [6.07, 6.45) is 9.93. The summed E-state index contributed by atoms with van der Waals surface area (Å²) in [7, 11) is 0. The number of fused-ring (bicyclic) bond motifs is 1. The van der Waals surface area contributed by atoms with E-state index < -0.39 is 0 Å². The summed E-state index contributed by atoms with van der Waals surface area (Å²) < 4.78 is 2.15. The molecule has 1 saturated carbocycles. The molecule has 1 amide bonds. The molecule has 0 bridgehead atoms. The van der Waals surface area contributed by atoms with Crippen molar-refractivity contribution in [3.05, 3.63) is 30.6 Å². The Hall–Kier alpha value is -1.84. The number of hydrogen-bond donors (Lipinski definition) is 1. The van der Waals surface area contributed by atoms with E-state index in [1.54, 1.807) is 0 Å². The zero-order valence-electron chi connectivity index (χ0n) is 13.1. The molecule has 1 aromatic heterocycles. The number of amides is 1. The number of carbonyl (C=O) groups excluding carboxylic acids is 1. The van der Waals surface area contributed by atoms with Crippen LogP contribution in [0, 0.1) is 5.92 Å². The molecule has 0 aliphatic heterocycles. The molecule has 4 nitrogen and oxygen atoms in total. The summed E-state index contributed by atoms with van der Waals surface area (Å²) in [5.41, 5.74) is 2.19. The van der Waals surface area contributed by atoms with E-state index in [0.29, 0.717) is 6.42 Å². The Kier molecular flexibility index (Phi) is 5.09. The van der Waals surface area contributed by atoms with E-state index in [2.05, 4.69) is 20.9 Å². The fourth-order valence-corrected chi connectivity index (χ4v) is 3.39. The number of carbonyl (C=O) groups is 1. The Bertz CT molecular complexity index is 614. The largest absolute Gasteiger partial charge is 0.356 e. The second-order valence-corrected chi connectivity index (χ2v) is 6.32. The molecule has 0 atom stereocenters. The zero-order chi connectivity index (χ0) is 15.2. The summed E-state index contributed by atoms with van der Waals surface area (Å²) in [5.74, 6) is 1.01. The smallest absolute Gasteiger partial charge is 0.220 e. The third-order valence-corrected chi connectivity index (χ3v) is 4.68. The van der Waals surface area contributed by atoms with E-state index in [0.717, 1.165) is 42.9 Å². The third-order valence-electron chi connectivity index (χ3n) is 4.68. The fourth-order valence-electron chi connectivity index (χ4n) is 3.39. The summed E-state index contributed by atoms with van der Waals surface area (Å²) in [4.78, 5) is 16.2. The Morgan fingerprint density at radius 3 is 2.95 bits per heavy atom. The second kappa shape index (κ2) is 7.43. The van der Waals surface area contributed by atoms with Crippen LogP contribution in [0.5, 0.6) is 0 Å². The molecule has 1 fully saturated rings. The Morgan fingerprint density at radius 2 is 2.09 bits per heavy atom. The van der Waals surface area contributed by atoms with E-state index in [-0.39, 0.29) is 5.91 Å². The number of aromatic nitrogens is 2. The lowest BCUT2D eigenvalue weighted by atomic mass is 10.0. The Balaban J connectivity index is 1.35. The van der Waals surface area contributed by atoms with Gasteiger partial charge in [0.05, 0.1) is 17.4 Å². The number of aryl methyl sites for hydroxylation is 1. The van der Waals surface area contributed by atoms with Crippen LogP contribution in [0.25, 0.3) is 11.0 Å². The van der Waals surface area contributed by atoms with Crippen LogP contribution in [0.3, 0.4) is 0 Å². The maximum Gasteiger partial charge on any atom is 0.220 e. The molecule has 118 valence electrons. The third kappa shape index (κ3) is 3.87. The molecule has 3 rings (SSSR count). The normalized spacial score (nSPS) is 15.5. The minimum absolute atomic E-state index is 0.211. The predicted molar refractivity (Wildman–Crippen MR) is 88.6 cm³/mol. The van der Waals surface area contributed by atoms with Crippen LogP contribution in [0.15, 0.2) is 30.6 Å². The molecule has 1 N–H and O–H groups in total. The molecule has 1 aliphatic rings. The Labute approximate surface area is 131 Å². The van der Waals surface area contributed by atoms with E-state index >= 15 is 0 Å². The van der Waals surface area contributed by atoms with Gasteiger partial charge in [0.15, 0.2) is 0 Å². The van der Waals surface area contributed by atoms with Crippen LogP contribution in [0.2, 0.25) is 0 Å². The highest BCUT2D eigenvalue weighted by molar-refractivity contribution is 5.76. The summed E-state index contributed by atoms with van der Waals surface area (Å²) in [5, 5.41) is 3.04. The number of para-hydroxylation sites is 2. The van der Waals surface area contributed by atoms with Crippen molar-refractivity contribution >= 4 is 16.9 Å². The van der Waals surface area contributed by atoms with E-state index in [1.165, 1.54) is 25.7 Å². The monoisotopic (exact) mass is 299 g/mol. The minimum Gasteiger partial charge on any atom is -0.356 e. The molecule has 2 aromatic rings. The van der Waals surface area contributed by atoms with Gasteiger partial charge in [-0.2, -0.15) is 0 Å². The highest BCUT2D eigenvalue weighted by Crippen LogP contribution is 2.28. The molecule has 22 heavy (non-hydrogen) atoms. The van der Waals surface area contributed by atoms with Gasteiger partial charge < -0.3 is 9.88 Å². The highest BCUT2D eigenvalue weighted by Gasteiger charge is 2.15. The van der Waals surface area contributed by atoms with Crippen molar-refractivity contribution in [2.75, 3.05) is 6.54 Å². The van der Waals surface area contributed by atoms with Gasteiger partial charge >= 0.3 is 0 Å². The van der Waals surface area contributed by atoms with Crippen molar-refractivity contribution in [2.45, 2.75) is 51.5 Å². The number of imidazole rings is 1. The first-order valence-electron chi connectivity index (χ1n) is 8.49. The number of rotatable bonds is 7. The first-order valence-corrected chi connectivity index (χ1v) is 8.49. The molecule has 1 aliphatic carbocycles. The van der Waals surface area contributed by atoms with Gasteiger partial charge in [-0.1, -0.05) is 37.8 Å². The van der Waals surface area contributed by atoms with Crippen molar-refractivity contribution in [3.8, 4) is 0 Å². The van der Waals surface area contributed by atoms with Crippen LogP contribution in [0.4, 0.5) is 0 Å². The molecular weight excluding hydrogens is 274 g/mol. The molecule has 0 spiro atoms. The Morgan fingerprint density at radius 1 is 1.27 bits per heavy atom. The average Bonchev–Trinajstić information content (AvgIpc) is 3.19. The van der Waals surface area contributed by atoms with Crippen molar-refractivity contribution in [1.82, 2.24) is 14.9 Å². The van der Waals surface area contributed by atoms with Gasteiger partial charge in [-0.05, 0) is 30.9 Å². The molecular formula is C18H25N3O. The van der Waals surface area contributed by atoms with Crippen molar-refractivity contribution in [3.63, 3.8) is 0 Å². The van der Waals surface area contributed by atoms with Gasteiger partial charge in [-0.3, -0.25) is 4.79 Å². The van der Waals surface area contributed by atoms with E-state index in [4.69, 9.17) is 0 Å². The van der Waals surface area contributed by atoms with Crippen molar-refractivity contribution < 1.29 is 4.79 Å². The van der Waals surface area contributed by atoms with Crippen molar-refractivity contribution in [1.29, 1.82) is 0 Å². The average molecular weight is 299 g/mol. The zero-order valence-corrected chi connectivity index (χ0v) is 13.1. The molecule has 1 aromatic carbocycles. The lowest BCUT2D eigenvalue weighted by molar-refractivity contribution is -0.121. The van der Waals surface area contributed by atoms with Gasteiger partial charge in [0.1, 0.15) is 0 Å². The predicted octanol–water partition coefficient (Wildman–Crippen LogP) is 3.51. The molecule has 1 heterocycles. The number of nitrogens with one attached hydrogen (secondary N) is 1. The highest BCUT2D eigenvalue weighted by atomic mass is 16.1. The van der Waals surface area contributed by atoms with Gasteiger partial charge in [-0.15, -0.1) is 0 Å². The van der Waals surface area contributed by atoms with E-state index in [9.17, 15) is 4.79 Å². The van der Waals surface area contributed by atoms with Gasteiger partial charge in [0.25, 0.3) is 0 Å². The van der Waals surface area contributed by atoms with Crippen LogP contribution >= 0.6 is 0 Å². The lowest BCUT2D eigenvalue weighted by Crippen LogP contribution is -2.25. The SMILES string of the molecule is O=C(CCC1CCCC1)NCCCn1cnc2ccccc21. The molecule has 0 saturated heterocycles. The summed E-state index contributed by atoms with van der Waals surface area (Å²) in [6, 6.07) is 8.15.